The zero-order valence-electron chi connectivity index (χ0n) is 18.4. The molecule has 0 bridgehead atoms. The molecule has 0 spiro atoms. The van der Waals surface area contributed by atoms with Crippen molar-refractivity contribution in [1.29, 1.82) is 0 Å². The Morgan fingerprint density at radius 3 is 2.35 bits per heavy atom. The summed E-state index contributed by atoms with van der Waals surface area (Å²) >= 11 is 0. The fraction of sp³-hybridized carbons (Fsp3) is 0.440. The maximum atomic E-state index is 12.4. The van der Waals surface area contributed by atoms with Gasteiger partial charge in [-0.25, -0.2) is 4.79 Å². The van der Waals surface area contributed by atoms with Gasteiger partial charge in [-0.15, -0.1) is 0 Å². The number of nitrogens with one attached hydrogen (secondary N) is 1. The number of morpholine rings is 1. The van der Waals surface area contributed by atoms with E-state index in [4.69, 9.17) is 9.47 Å². The van der Waals surface area contributed by atoms with E-state index >= 15 is 0 Å². The Bertz CT molecular complexity index is 830. The predicted molar refractivity (Wildman–Crippen MR) is 120 cm³/mol. The first kappa shape index (κ1) is 23.0. The second-order valence-electron chi connectivity index (χ2n) is 8.32. The molecule has 0 radical (unpaired) electrons. The molecule has 0 aliphatic carbocycles. The second kappa shape index (κ2) is 11.6. The summed E-state index contributed by atoms with van der Waals surface area (Å²) in [6, 6.07) is 17.1. The topological polar surface area (TPSA) is 67.9 Å². The molecule has 3 rings (SSSR count). The largest absolute Gasteiger partial charge is 0.452 e. The van der Waals surface area contributed by atoms with Crippen molar-refractivity contribution in [2.75, 3.05) is 32.9 Å². The number of benzene rings is 2. The van der Waals surface area contributed by atoms with Gasteiger partial charge in [0.1, 0.15) is 0 Å². The standard InChI is InChI=1S/C25H32N2O4/c1-19(2)16-23(21-6-4-3-5-7-21)26-24(28)18-31-25(29)22-10-8-20(9-11-22)17-27-12-14-30-15-13-27/h3-11,19,23H,12-18H2,1-2H3,(H,26,28)/t23-/m1/s1. The number of esters is 1. The van der Waals surface area contributed by atoms with Crippen LogP contribution in [0, 0.1) is 5.92 Å². The molecule has 1 saturated heterocycles. The van der Waals surface area contributed by atoms with Gasteiger partial charge in [-0.1, -0.05) is 56.3 Å². The molecule has 1 N–H and O–H groups in total. The predicted octanol–water partition coefficient (Wildman–Crippen LogP) is 3.58. The van der Waals surface area contributed by atoms with Crippen LogP contribution in [0.5, 0.6) is 0 Å². The minimum absolute atomic E-state index is 0.105. The van der Waals surface area contributed by atoms with Crippen LogP contribution in [-0.2, 0) is 20.8 Å². The third-order valence-electron chi connectivity index (χ3n) is 5.28. The Morgan fingerprint density at radius 1 is 1.03 bits per heavy atom. The Morgan fingerprint density at radius 2 is 1.71 bits per heavy atom. The van der Waals surface area contributed by atoms with Crippen LogP contribution < -0.4 is 5.32 Å². The second-order valence-corrected chi connectivity index (χ2v) is 8.32. The molecule has 2 aromatic rings. The van der Waals surface area contributed by atoms with E-state index < -0.39 is 5.97 Å². The number of carbonyl (C=O) groups excluding carboxylic acids is 2. The van der Waals surface area contributed by atoms with Gasteiger partial charge in [0.2, 0.25) is 0 Å². The third kappa shape index (κ3) is 7.49. The van der Waals surface area contributed by atoms with Crippen molar-refractivity contribution in [3.05, 3.63) is 71.3 Å². The normalized spacial score (nSPS) is 15.5. The molecular weight excluding hydrogens is 392 g/mol. The van der Waals surface area contributed by atoms with Gasteiger partial charge in [0.25, 0.3) is 5.91 Å². The van der Waals surface area contributed by atoms with Crippen molar-refractivity contribution in [2.24, 2.45) is 5.92 Å². The summed E-state index contributed by atoms with van der Waals surface area (Å²) in [7, 11) is 0. The molecule has 166 valence electrons. The molecule has 1 heterocycles. The van der Waals surface area contributed by atoms with E-state index in [2.05, 4.69) is 24.1 Å². The van der Waals surface area contributed by atoms with E-state index in [1.54, 1.807) is 12.1 Å². The molecule has 1 aliphatic rings. The van der Waals surface area contributed by atoms with Crippen molar-refractivity contribution >= 4 is 11.9 Å². The van der Waals surface area contributed by atoms with Crippen LogP contribution in [0.1, 0.15) is 47.8 Å². The molecule has 0 saturated carbocycles. The van der Waals surface area contributed by atoms with Crippen molar-refractivity contribution in [3.63, 3.8) is 0 Å². The smallest absolute Gasteiger partial charge is 0.338 e. The average Bonchev–Trinajstić information content (AvgIpc) is 2.78. The first-order chi connectivity index (χ1) is 15.0. The Hall–Kier alpha value is -2.70. The van der Waals surface area contributed by atoms with E-state index in [1.807, 2.05) is 42.5 Å². The van der Waals surface area contributed by atoms with Crippen LogP contribution in [0.25, 0.3) is 0 Å². The highest BCUT2D eigenvalue weighted by Crippen LogP contribution is 2.21. The van der Waals surface area contributed by atoms with Gasteiger partial charge in [0.05, 0.1) is 24.8 Å². The maximum Gasteiger partial charge on any atom is 0.338 e. The number of nitrogens with zero attached hydrogens (tertiary/aromatic N) is 1. The van der Waals surface area contributed by atoms with Crippen LogP contribution >= 0.6 is 0 Å². The molecule has 1 amide bonds. The Labute approximate surface area is 184 Å². The first-order valence-electron chi connectivity index (χ1n) is 10.9. The van der Waals surface area contributed by atoms with Crippen molar-refractivity contribution < 1.29 is 19.1 Å². The van der Waals surface area contributed by atoms with Gasteiger partial charge in [-0.2, -0.15) is 0 Å². The molecule has 0 aromatic heterocycles. The van der Waals surface area contributed by atoms with E-state index in [0.29, 0.717) is 11.5 Å². The monoisotopic (exact) mass is 424 g/mol. The van der Waals surface area contributed by atoms with Crippen molar-refractivity contribution in [3.8, 4) is 0 Å². The molecule has 6 nitrogen and oxygen atoms in total. The van der Waals surface area contributed by atoms with Crippen LogP contribution in [0.15, 0.2) is 54.6 Å². The van der Waals surface area contributed by atoms with Gasteiger partial charge < -0.3 is 14.8 Å². The number of ether oxygens (including phenoxy) is 2. The van der Waals surface area contributed by atoms with E-state index in [-0.39, 0.29) is 18.6 Å². The highest BCUT2D eigenvalue weighted by Gasteiger charge is 2.18. The summed E-state index contributed by atoms with van der Waals surface area (Å²) in [5, 5.41) is 2.99. The Balaban J connectivity index is 1.49. The van der Waals surface area contributed by atoms with Gasteiger partial charge in [-0.05, 0) is 35.6 Å². The molecule has 1 atom stereocenters. The first-order valence-corrected chi connectivity index (χ1v) is 10.9. The molecule has 2 aromatic carbocycles. The number of hydrogen-bond donors (Lipinski definition) is 1. The lowest BCUT2D eigenvalue weighted by Gasteiger charge is -2.26. The summed E-state index contributed by atoms with van der Waals surface area (Å²) in [6.45, 7) is 8.12. The maximum absolute atomic E-state index is 12.4. The fourth-order valence-electron chi connectivity index (χ4n) is 3.65. The fourth-order valence-corrected chi connectivity index (χ4v) is 3.65. The van der Waals surface area contributed by atoms with Crippen molar-refractivity contribution in [1.82, 2.24) is 10.2 Å². The SMILES string of the molecule is CC(C)C[C@@H](NC(=O)COC(=O)c1ccc(CN2CCOCC2)cc1)c1ccccc1. The van der Waals surface area contributed by atoms with Crippen molar-refractivity contribution in [2.45, 2.75) is 32.9 Å². The molecular formula is C25H32N2O4. The molecule has 31 heavy (non-hydrogen) atoms. The van der Waals surface area contributed by atoms with Gasteiger partial charge >= 0.3 is 5.97 Å². The highest BCUT2D eigenvalue weighted by atomic mass is 16.5. The lowest BCUT2D eigenvalue weighted by Crippen LogP contribution is -2.35. The highest BCUT2D eigenvalue weighted by molar-refractivity contribution is 5.91. The minimum Gasteiger partial charge on any atom is -0.452 e. The molecule has 1 fully saturated rings. The lowest BCUT2D eigenvalue weighted by molar-refractivity contribution is -0.125. The number of rotatable bonds is 9. The molecule has 1 aliphatic heterocycles. The van der Waals surface area contributed by atoms with Gasteiger partial charge in [0, 0.05) is 19.6 Å². The summed E-state index contributed by atoms with van der Waals surface area (Å²) in [4.78, 5) is 27.1. The minimum atomic E-state index is -0.492. The van der Waals surface area contributed by atoms with Crippen LogP contribution in [0.3, 0.4) is 0 Å². The summed E-state index contributed by atoms with van der Waals surface area (Å²) in [5.41, 5.74) is 2.63. The van der Waals surface area contributed by atoms with Crippen LogP contribution in [0.4, 0.5) is 0 Å². The number of carbonyl (C=O) groups is 2. The van der Waals surface area contributed by atoms with Crippen LogP contribution in [-0.4, -0.2) is 49.7 Å². The van der Waals surface area contributed by atoms with E-state index in [9.17, 15) is 9.59 Å². The Kier molecular flexibility index (Phi) is 8.62. The average molecular weight is 425 g/mol. The number of amides is 1. The number of hydrogen-bond acceptors (Lipinski definition) is 5. The molecule has 6 heteroatoms. The zero-order chi connectivity index (χ0) is 22.1. The lowest BCUT2D eigenvalue weighted by atomic mass is 9.97. The third-order valence-corrected chi connectivity index (χ3v) is 5.28. The quantitative estimate of drug-likeness (QED) is 0.623. The van der Waals surface area contributed by atoms with Gasteiger partial charge in [-0.3, -0.25) is 9.69 Å². The summed E-state index contributed by atoms with van der Waals surface area (Å²) in [5.74, 6) is -0.371. The summed E-state index contributed by atoms with van der Waals surface area (Å²) < 4.78 is 10.6. The van der Waals surface area contributed by atoms with E-state index in [0.717, 1.165) is 50.4 Å². The summed E-state index contributed by atoms with van der Waals surface area (Å²) in [6.07, 6.45) is 0.814. The van der Waals surface area contributed by atoms with Gasteiger partial charge in [0.15, 0.2) is 6.61 Å². The zero-order valence-corrected chi connectivity index (χ0v) is 18.4. The molecule has 0 unspecified atom stereocenters. The van der Waals surface area contributed by atoms with Crippen LogP contribution in [0.2, 0.25) is 0 Å². The van der Waals surface area contributed by atoms with E-state index in [1.165, 1.54) is 0 Å².